The van der Waals surface area contributed by atoms with E-state index in [-0.39, 0.29) is 0 Å². The Hall–Kier alpha value is -0.380. The summed E-state index contributed by atoms with van der Waals surface area (Å²) in [6.07, 6.45) is 4.03. The van der Waals surface area contributed by atoms with Crippen molar-refractivity contribution in [3.8, 4) is 0 Å². The number of benzene rings is 1. The van der Waals surface area contributed by atoms with Crippen LogP contribution in [0.5, 0.6) is 0 Å². The average Bonchev–Trinajstić information content (AvgIpc) is 2.32. The first kappa shape index (κ1) is 12.1. The van der Waals surface area contributed by atoms with Crippen molar-refractivity contribution >= 4 is 15.9 Å². The van der Waals surface area contributed by atoms with Gasteiger partial charge in [-0.2, -0.15) is 0 Å². The molecule has 1 saturated heterocycles. The van der Waals surface area contributed by atoms with Gasteiger partial charge in [0.25, 0.3) is 0 Å². The molecule has 1 aromatic carbocycles. The summed E-state index contributed by atoms with van der Waals surface area (Å²) < 4.78 is 1.20. The molecule has 1 aromatic rings. The third-order valence-corrected chi connectivity index (χ3v) is 3.95. The summed E-state index contributed by atoms with van der Waals surface area (Å²) in [7, 11) is 0. The minimum Gasteiger partial charge on any atom is -0.251 e. The first-order chi connectivity index (χ1) is 7.75. The van der Waals surface area contributed by atoms with Crippen molar-refractivity contribution in [3.05, 3.63) is 33.8 Å². The monoisotopic (exact) mass is 282 g/mol. The number of hydrogen-bond donors (Lipinski definition) is 1. The zero-order valence-electron chi connectivity index (χ0n) is 9.80. The number of nitrogens with zero attached hydrogens (tertiary/aromatic N) is 1. The van der Waals surface area contributed by atoms with Gasteiger partial charge in [-0.15, -0.1) is 0 Å². The Bertz CT molecular complexity index is 346. The van der Waals surface area contributed by atoms with Crippen LogP contribution >= 0.6 is 15.9 Å². The minimum absolute atomic E-state index is 0.929. The lowest BCUT2D eigenvalue weighted by Crippen LogP contribution is -2.41. The second kappa shape index (κ2) is 5.80. The van der Waals surface area contributed by atoms with Crippen LogP contribution in [0.3, 0.4) is 0 Å². The van der Waals surface area contributed by atoms with Crippen LogP contribution in [0.15, 0.2) is 22.7 Å². The van der Waals surface area contributed by atoms with E-state index in [9.17, 15) is 0 Å². The molecule has 1 heterocycles. The molecule has 0 spiro atoms. The quantitative estimate of drug-likeness (QED) is 0.916. The van der Waals surface area contributed by atoms with Crippen molar-refractivity contribution in [2.75, 3.05) is 13.1 Å². The maximum absolute atomic E-state index is 3.57. The normalized spacial score (nSPS) is 17.6. The maximum atomic E-state index is 3.57. The number of hydrogen-bond acceptors (Lipinski definition) is 2. The molecule has 0 atom stereocenters. The fourth-order valence-electron chi connectivity index (χ4n) is 2.00. The molecule has 1 fully saturated rings. The fourth-order valence-corrected chi connectivity index (χ4v) is 2.43. The van der Waals surface area contributed by atoms with Gasteiger partial charge in [-0.1, -0.05) is 34.5 Å². The van der Waals surface area contributed by atoms with Crippen LogP contribution in [0.1, 0.15) is 30.4 Å². The van der Waals surface area contributed by atoms with Crippen molar-refractivity contribution in [2.24, 2.45) is 0 Å². The summed E-state index contributed by atoms with van der Waals surface area (Å²) in [6.45, 7) is 5.42. The lowest BCUT2D eigenvalue weighted by atomic mass is 10.1. The predicted molar refractivity (Wildman–Crippen MR) is 71.1 cm³/mol. The van der Waals surface area contributed by atoms with E-state index in [4.69, 9.17) is 0 Å². The molecule has 1 N–H and O–H groups in total. The van der Waals surface area contributed by atoms with Gasteiger partial charge in [0.1, 0.15) is 0 Å². The van der Waals surface area contributed by atoms with Crippen LogP contribution in [0.4, 0.5) is 0 Å². The Balaban J connectivity index is 1.86. The van der Waals surface area contributed by atoms with Gasteiger partial charge in [0.15, 0.2) is 0 Å². The average molecular weight is 283 g/mol. The minimum atomic E-state index is 0.929. The van der Waals surface area contributed by atoms with E-state index in [0.29, 0.717) is 0 Å². The van der Waals surface area contributed by atoms with Crippen molar-refractivity contribution in [3.63, 3.8) is 0 Å². The molecule has 0 amide bonds. The molecule has 1 aliphatic heterocycles. The van der Waals surface area contributed by atoms with Crippen molar-refractivity contribution in [1.29, 1.82) is 0 Å². The largest absolute Gasteiger partial charge is 0.251 e. The number of rotatable bonds is 3. The van der Waals surface area contributed by atoms with Crippen molar-refractivity contribution < 1.29 is 0 Å². The summed E-state index contributed by atoms with van der Waals surface area (Å²) >= 11 is 3.57. The van der Waals surface area contributed by atoms with E-state index >= 15 is 0 Å². The van der Waals surface area contributed by atoms with Crippen LogP contribution in [0.2, 0.25) is 0 Å². The van der Waals surface area contributed by atoms with Gasteiger partial charge < -0.3 is 0 Å². The number of aryl methyl sites for hydroxylation is 1. The molecule has 0 bridgehead atoms. The van der Waals surface area contributed by atoms with Gasteiger partial charge >= 0.3 is 0 Å². The number of hydrazine groups is 1. The topological polar surface area (TPSA) is 15.3 Å². The zero-order valence-corrected chi connectivity index (χ0v) is 11.4. The van der Waals surface area contributed by atoms with Crippen LogP contribution in [0.25, 0.3) is 0 Å². The highest BCUT2D eigenvalue weighted by Gasteiger charge is 2.08. The highest BCUT2D eigenvalue weighted by atomic mass is 79.9. The molecule has 0 aromatic heterocycles. The standard InChI is InChI=1S/C13H19BrN2/c1-11-5-6-12(9-13(11)14)10-15-16-7-3-2-4-8-16/h5-6,9,15H,2-4,7-8,10H2,1H3. The van der Waals surface area contributed by atoms with Gasteiger partial charge in [-0.25, -0.2) is 5.01 Å². The molecule has 3 heteroatoms. The number of nitrogens with one attached hydrogen (secondary N) is 1. The molecule has 1 aliphatic rings. The highest BCUT2D eigenvalue weighted by Crippen LogP contribution is 2.17. The lowest BCUT2D eigenvalue weighted by molar-refractivity contribution is 0.151. The third kappa shape index (κ3) is 3.30. The summed E-state index contributed by atoms with van der Waals surface area (Å²) in [5.41, 5.74) is 6.13. The predicted octanol–water partition coefficient (Wildman–Crippen LogP) is 3.25. The maximum Gasteiger partial charge on any atom is 0.0353 e. The Morgan fingerprint density at radius 3 is 2.69 bits per heavy atom. The molecular weight excluding hydrogens is 264 g/mol. The van der Waals surface area contributed by atoms with E-state index in [1.54, 1.807) is 0 Å². The van der Waals surface area contributed by atoms with Crippen molar-refractivity contribution in [2.45, 2.75) is 32.7 Å². The molecule has 0 radical (unpaired) electrons. The van der Waals surface area contributed by atoms with Crippen LogP contribution in [-0.4, -0.2) is 18.1 Å². The van der Waals surface area contributed by atoms with Crippen LogP contribution in [0, 0.1) is 6.92 Å². The molecule has 2 rings (SSSR count). The molecule has 0 saturated carbocycles. The van der Waals surface area contributed by atoms with E-state index in [1.807, 2.05) is 0 Å². The molecule has 2 nitrogen and oxygen atoms in total. The van der Waals surface area contributed by atoms with Crippen LogP contribution in [-0.2, 0) is 6.54 Å². The Labute approximate surface area is 106 Å². The van der Waals surface area contributed by atoms with Gasteiger partial charge in [-0.3, -0.25) is 5.43 Å². The summed E-state index contributed by atoms with van der Waals surface area (Å²) in [6, 6.07) is 6.56. The summed E-state index contributed by atoms with van der Waals surface area (Å²) in [4.78, 5) is 0. The van der Waals surface area contributed by atoms with Crippen LogP contribution < -0.4 is 5.43 Å². The first-order valence-electron chi connectivity index (χ1n) is 5.99. The van der Waals surface area contributed by atoms with E-state index in [2.05, 4.69) is 51.5 Å². The lowest BCUT2D eigenvalue weighted by Gasteiger charge is -2.27. The Morgan fingerprint density at radius 1 is 1.25 bits per heavy atom. The molecule has 0 unspecified atom stereocenters. The van der Waals surface area contributed by atoms with Gasteiger partial charge in [0.05, 0.1) is 0 Å². The van der Waals surface area contributed by atoms with Gasteiger partial charge in [0.2, 0.25) is 0 Å². The van der Waals surface area contributed by atoms with Gasteiger partial charge in [-0.05, 0) is 37.0 Å². The van der Waals surface area contributed by atoms with Gasteiger partial charge in [0, 0.05) is 24.1 Å². The molecular formula is C13H19BrN2. The highest BCUT2D eigenvalue weighted by molar-refractivity contribution is 9.10. The summed E-state index contributed by atoms with van der Waals surface area (Å²) in [5, 5.41) is 2.34. The van der Waals surface area contributed by atoms with Crippen molar-refractivity contribution in [1.82, 2.24) is 10.4 Å². The van der Waals surface area contributed by atoms with E-state index in [0.717, 1.165) is 6.54 Å². The number of piperidine rings is 1. The Morgan fingerprint density at radius 2 is 2.00 bits per heavy atom. The second-order valence-electron chi connectivity index (χ2n) is 4.47. The fraction of sp³-hybridized carbons (Fsp3) is 0.538. The molecule has 88 valence electrons. The zero-order chi connectivity index (χ0) is 11.4. The first-order valence-corrected chi connectivity index (χ1v) is 6.78. The smallest absolute Gasteiger partial charge is 0.0353 e. The van der Waals surface area contributed by atoms with E-state index in [1.165, 1.54) is 48.0 Å². The second-order valence-corrected chi connectivity index (χ2v) is 5.32. The Kier molecular flexibility index (Phi) is 4.38. The molecule has 16 heavy (non-hydrogen) atoms. The molecule has 0 aliphatic carbocycles. The number of halogens is 1. The summed E-state index contributed by atoms with van der Waals surface area (Å²) in [5.74, 6) is 0. The SMILES string of the molecule is Cc1ccc(CNN2CCCCC2)cc1Br. The third-order valence-electron chi connectivity index (χ3n) is 3.10. The van der Waals surface area contributed by atoms with E-state index < -0.39 is 0 Å².